The summed E-state index contributed by atoms with van der Waals surface area (Å²) in [7, 11) is 0. The smallest absolute Gasteiger partial charge is 0.0471 e. The van der Waals surface area contributed by atoms with Crippen LogP contribution in [0, 0.1) is 0 Å². The molecule has 0 fully saturated rings. The van der Waals surface area contributed by atoms with Gasteiger partial charge in [-0.25, -0.2) is 0 Å². The predicted molar refractivity (Wildman–Crippen MR) is 77.4 cm³/mol. The highest BCUT2D eigenvalue weighted by atomic mass is 16.3. The van der Waals surface area contributed by atoms with Crippen LogP contribution in [0.3, 0.4) is 0 Å². The van der Waals surface area contributed by atoms with Crippen molar-refractivity contribution in [3.63, 3.8) is 0 Å². The lowest BCUT2D eigenvalue weighted by Crippen LogP contribution is -1.90. The van der Waals surface area contributed by atoms with Gasteiger partial charge in [0.1, 0.15) is 0 Å². The molecular weight excluding hydrogens is 238 g/mol. The molecule has 0 amide bonds. The third kappa shape index (κ3) is 2.23. The average molecular weight is 255 g/mol. The Morgan fingerprint density at radius 1 is 0.737 bits per heavy atom. The first kappa shape index (κ1) is 12.2. The molecule has 0 saturated carbocycles. The Morgan fingerprint density at radius 3 is 1.63 bits per heavy atom. The number of hydrogen-bond acceptors (Lipinski definition) is 2. The molecule has 0 unspecified atom stereocenters. The molecule has 3 nitrogen and oxygen atoms in total. The summed E-state index contributed by atoms with van der Waals surface area (Å²) in [5, 5.41) is 20.4. The Bertz CT molecular complexity index is 655. The normalized spacial score (nSPS) is 11.5. The van der Waals surface area contributed by atoms with Gasteiger partial charge in [0.25, 0.3) is 0 Å². The summed E-state index contributed by atoms with van der Waals surface area (Å²) >= 11 is 0. The van der Waals surface area contributed by atoms with Gasteiger partial charge in [-0.15, -0.1) is 0 Å². The van der Waals surface area contributed by atoms with Crippen LogP contribution in [0.2, 0.25) is 0 Å². The number of aliphatic hydroxyl groups is 2. The quantitative estimate of drug-likeness (QED) is 0.670. The van der Waals surface area contributed by atoms with Crippen molar-refractivity contribution in [3.8, 4) is 0 Å². The minimum atomic E-state index is 0.170. The summed E-state index contributed by atoms with van der Waals surface area (Å²) in [6.45, 7) is 0.341. The second-order valence-corrected chi connectivity index (χ2v) is 4.83. The second kappa shape index (κ2) is 5.03. The van der Waals surface area contributed by atoms with Crippen LogP contribution in [0.15, 0.2) is 36.4 Å². The van der Waals surface area contributed by atoms with E-state index in [2.05, 4.69) is 29.2 Å². The summed E-state index contributed by atoms with van der Waals surface area (Å²) in [6, 6.07) is 12.5. The minimum Gasteiger partial charge on any atom is -0.396 e. The fourth-order valence-electron chi connectivity index (χ4n) is 2.56. The average Bonchev–Trinajstić information content (AvgIpc) is 2.77. The van der Waals surface area contributed by atoms with Crippen LogP contribution in [0.5, 0.6) is 0 Å². The number of fused-ring (bicyclic) bond motifs is 3. The first-order valence-corrected chi connectivity index (χ1v) is 6.57. The monoisotopic (exact) mass is 255 g/mol. The number of rotatable bonds is 4. The molecule has 19 heavy (non-hydrogen) atoms. The standard InChI is InChI=1S/C16H17NO2/c18-7-5-11-1-3-15-13(9-11)14-10-12(6-8-19)2-4-16(14)17-15/h1-4,9-10,17-19H,5-8H2. The van der Waals surface area contributed by atoms with Crippen molar-refractivity contribution >= 4 is 21.8 Å². The molecule has 3 aromatic rings. The Morgan fingerprint density at radius 2 is 1.21 bits per heavy atom. The lowest BCUT2D eigenvalue weighted by molar-refractivity contribution is 0.299. The zero-order chi connectivity index (χ0) is 13.2. The molecule has 1 aromatic heterocycles. The number of H-pyrrole nitrogens is 1. The molecular formula is C16H17NO2. The molecule has 1 heterocycles. The van der Waals surface area contributed by atoms with E-state index in [-0.39, 0.29) is 13.2 Å². The van der Waals surface area contributed by atoms with Gasteiger partial charge in [-0.3, -0.25) is 0 Å². The Balaban J connectivity index is 2.19. The maximum atomic E-state index is 9.03. The third-order valence-electron chi connectivity index (χ3n) is 3.53. The molecule has 0 saturated heterocycles. The van der Waals surface area contributed by atoms with Gasteiger partial charge in [-0.1, -0.05) is 12.1 Å². The topological polar surface area (TPSA) is 56.2 Å². The second-order valence-electron chi connectivity index (χ2n) is 4.83. The van der Waals surface area contributed by atoms with Crippen LogP contribution >= 0.6 is 0 Å². The molecule has 0 aliphatic rings. The van der Waals surface area contributed by atoms with E-state index in [9.17, 15) is 0 Å². The highest BCUT2D eigenvalue weighted by Gasteiger charge is 2.06. The van der Waals surface area contributed by atoms with E-state index < -0.39 is 0 Å². The van der Waals surface area contributed by atoms with Gasteiger partial charge in [0, 0.05) is 35.0 Å². The van der Waals surface area contributed by atoms with E-state index in [4.69, 9.17) is 10.2 Å². The summed E-state index contributed by atoms with van der Waals surface area (Å²) in [4.78, 5) is 3.39. The van der Waals surface area contributed by atoms with Gasteiger partial charge in [0.2, 0.25) is 0 Å². The molecule has 0 aliphatic carbocycles. The van der Waals surface area contributed by atoms with Crippen molar-refractivity contribution in [3.05, 3.63) is 47.5 Å². The van der Waals surface area contributed by atoms with E-state index in [0.717, 1.165) is 22.2 Å². The molecule has 0 radical (unpaired) electrons. The Hall–Kier alpha value is -1.84. The third-order valence-corrected chi connectivity index (χ3v) is 3.53. The van der Waals surface area contributed by atoms with E-state index in [1.165, 1.54) is 10.8 Å². The Kier molecular flexibility index (Phi) is 3.23. The van der Waals surface area contributed by atoms with Gasteiger partial charge in [-0.2, -0.15) is 0 Å². The van der Waals surface area contributed by atoms with Crippen LogP contribution < -0.4 is 0 Å². The highest BCUT2D eigenvalue weighted by Crippen LogP contribution is 2.27. The van der Waals surface area contributed by atoms with E-state index in [1.807, 2.05) is 12.1 Å². The minimum absolute atomic E-state index is 0.170. The zero-order valence-corrected chi connectivity index (χ0v) is 10.7. The SMILES string of the molecule is OCCc1ccc2[nH]c3ccc(CCO)cc3c2c1. The van der Waals surface area contributed by atoms with Crippen LogP contribution in [0.25, 0.3) is 21.8 Å². The van der Waals surface area contributed by atoms with E-state index in [1.54, 1.807) is 0 Å². The molecule has 0 bridgehead atoms. The molecule has 3 N–H and O–H groups in total. The van der Waals surface area contributed by atoms with Crippen molar-refractivity contribution in [1.82, 2.24) is 4.98 Å². The van der Waals surface area contributed by atoms with E-state index in [0.29, 0.717) is 12.8 Å². The zero-order valence-electron chi connectivity index (χ0n) is 10.7. The molecule has 0 spiro atoms. The Labute approximate surface area is 111 Å². The van der Waals surface area contributed by atoms with Gasteiger partial charge in [-0.05, 0) is 48.2 Å². The fourth-order valence-corrected chi connectivity index (χ4v) is 2.56. The summed E-state index contributed by atoms with van der Waals surface area (Å²) in [6.07, 6.45) is 1.36. The molecule has 3 rings (SSSR count). The van der Waals surface area contributed by atoms with Crippen LogP contribution in [0.4, 0.5) is 0 Å². The summed E-state index contributed by atoms with van der Waals surface area (Å²) in [5.41, 5.74) is 4.50. The van der Waals surface area contributed by atoms with Crippen LogP contribution in [-0.4, -0.2) is 28.4 Å². The van der Waals surface area contributed by atoms with Crippen molar-refractivity contribution in [1.29, 1.82) is 0 Å². The largest absolute Gasteiger partial charge is 0.396 e. The first-order valence-electron chi connectivity index (χ1n) is 6.57. The molecule has 0 aliphatic heterocycles. The number of nitrogens with one attached hydrogen (secondary N) is 1. The van der Waals surface area contributed by atoms with Gasteiger partial charge in [0.05, 0.1) is 0 Å². The number of aromatic nitrogens is 1. The lowest BCUT2D eigenvalue weighted by atomic mass is 10.0. The molecule has 3 heteroatoms. The molecule has 0 atom stereocenters. The first-order chi connectivity index (χ1) is 9.31. The van der Waals surface area contributed by atoms with Gasteiger partial charge >= 0.3 is 0 Å². The van der Waals surface area contributed by atoms with Crippen LogP contribution in [-0.2, 0) is 12.8 Å². The highest BCUT2D eigenvalue weighted by molar-refractivity contribution is 6.07. The van der Waals surface area contributed by atoms with Gasteiger partial charge < -0.3 is 15.2 Å². The molecule has 2 aromatic carbocycles. The summed E-state index contributed by atoms with van der Waals surface area (Å²) < 4.78 is 0. The number of benzene rings is 2. The lowest BCUT2D eigenvalue weighted by Gasteiger charge is -2.00. The molecule has 98 valence electrons. The number of hydrogen-bond donors (Lipinski definition) is 3. The maximum absolute atomic E-state index is 9.03. The van der Waals surface area contributed by atoms with Crippen LogP contribution in [0.1, 0.15) is 11.1 Å². The number of aromatic amines is 1. The van der Waals surface area contributed by atoms with Crippen molar-refractivity contribution in [2.24, 2.45) is 0 Å². The predicted octanol–water partition coefficient (Wildman–Crippen LogP) is 2.39. The van der Waals surface area contributed by atoms with Crippen molar-refractivity contribution in [2.45, 2.75) is 12.8 Å². The van der Waals surface area contributed by atoms with Gasteiger partial charge in [0.15, 0.2) is 0 Å². The van der Waals surface area contributed by atoms with E-state index >= 15 is 0 Å². The van der Waals surface area contributed by atoms with Crippen molar-refractivity contribution in [2.75, 3.05) is 13.2 Å². The maximum Gasteiger partial charge on any atom is 0.0471 e. The fraction of sp³-hybridized carbons (Fsp3) is 0.250. The van der Waals surface area contributed by atoms with Crippen molar-refractivity contribution < 1.29 is 10.2 Å². The number of aliphatic hydroxyl groups excluding tert-OH is 2. The summed E-state index contributed by atoms with van der Waals surface area (Å²) in [5.74, 6) is 0.